The van der Waals surface area contributed by atoms with E-state index in [2.05, 4.69) is 44.7 Å². The van der Waals surface area contributed by atoms with Gasteiger partial charge in [-0.1, -0.05) is 27.2 Å². The summed E-state index contributed by atoms with van der Waals surface area (Å²) >= 11 is 0. The molecule has 0 saturated heterocycles. The zero-order chi connectivity index (χ0) is 14.5. The van der Waals surface area contributed by atoms with Gasteiger partial charge in [0, 0.05) is 31.7 Å². The van der Waals surface area contributed by atoms with Gasteiger partial charge in [-0.25, -0.2) is 0 Å². The lowest BCUT2D eigenvalue weighted by atomic mass is 9.91. The van der Waals surface area contributed by atoms with Gasteiger partial charge in [0.25, 0.3) is 0 Å². The van der Waals surface area contributed by atoms with E-state index in [0.29, 0.717) is 5.92 Å². The molecule has 114 valence electrons. The molecule has 3 nitrogen and oxygen atoms in total. The Kier molecular flexibility index (Phi) is 6.78. The minimum atomic E-state index is 0.279. The van der Waals surface area contributed by atoms with Crippen LogP contribution >= 0.6 is 0 Å². The molecule has 0 heterocycles. The van der Waals surface area contributed by atoms with Crippen molar-refractivity contribution in [1.29, 1.82) is 0 Å². The van der Waals surface area contributed by atoms with Crippen molar-refractivity contribution in [3.63, 3.8) is 0 Å². The lowest BCUT2D eigenvalue weighted by Gasteiger charge is -2.42. The molecule has 0 radical (unpaired) electrons. The van der Waals surface area contributed by atoms with E-state index < -0.39 is 0 Å². The fraction of sp³-hybridized carbons (Fsp3) is 1.00. The zero-order valence-electron chi connectivity index (χ0n) is 13.8. The van der Waals surface area contributed by atoms with Crippen LogP contribution in [-0.2, 0) is 0 Å². The van der Waals surface area contributed by atoms with Gasteiger partial charge in [0.15, 0.2) is 0 Å². The third-order valence-corrected chi connectivity index (χ3v) is 4.72. The fourth-order valence-electron chi connectivity index (χ4n) is 3.45. The van der Waals surface area contributed by atoms with E-state index in [1.54, 1.807) is 0 Å². The second kappa shape index (κ2) is 7.61. The normalized spacial score (nSPS) is 27.9. The maximum absolute atomic E-state index is 6.21. The first-order valence-corrected chi connectivity index (χ1v) is 8.03. The van der Waals surface area contributed by atoms with E-state index in [9.17, 15) is 0 Å². The minimum Gasteiger partial charge on any atom is -0.329 e. The molecule has 1 aliphatic rings. The van der Waals surface area contributed by atoms with Gasteiger partial charge >= 0.3 is 0 Å². The molecule has 2 unspecified atom stereocenters. The molecule has 0 aliphatic heterocycles. The van der Waals surface area contributed by atoms with Crippen LogP contribution in [0.15, 0.2) is 0 Å². The molecule has 0 aromatic heterocycles. The first-order valence-electron chi connectivity index (χ1n) is 8.03. The van der Waals surface area contributed by atoms with Crippen LogP contribution in [0.25, 0.3) is 0 Å². The van der Waals surface area contributed by atoms with Gasteiger partial charge in [0.2, 0.25) is 0 Å². The molecule has 3 heteroatoms. The average Bonchev–Trinajstić information content (AvgIpc) is 2.78. The van der Waals surface area contributed by atoms with E-state index in [4.69, 9.17) is 5.73 Å². The van der Waals surface area contributed by atoms with Crippen molar-refractivity contribution in [3.8, 4) is 0 Å². The molecule has 0 aromatic carbocycles. The molecule has 19 heavy (non-hydrogen) atoms. The first-order chi connectivity index (χ1) is 8.93. The fourth-order valence-corrected chi connectivity index (χ4v) is 3.45. The molecule has 0 bridgehead atoms. The number of likely N-dealkylation sites (N-methyl/N-ethyl adjacent to an activating group) is 1. The van der Waals surface area contributed by atoms with Gasteiger partial charge in [-0.15, -0.1) is 0 Å². The maximum atomic E-state index is 6.21. The highest BCUT2D eigenvalue weighted by Crippen LogP contribution is 2.40. The first kappa shape index (κ1) is 16.9. The van der Waals surface area contributed by atoms with Gasteiger partial charge in [-0.3, -0.25) is 4.90 Å². The topological polar surface area (TPSA) is 32.5 Å². The van der Waals surface area contributed by atoms with Gasteiger partial charge in [0.1, 0.15) is 0 Å². The third kappa shape index (κ3) is 4.73. The monoisotopic (exact) mass is 269 g/mol. The van der Waals surface area contributed by atoms with Crippen LogP contribution in [0, 0.1) is 11.8 Å². The molecule has 0 amide bonds. The van der Waals surface area contributed by atoms with Crippen molar-refractivity contribution >= 4 is 0 Å². The summed E-state index contributed by atoms with van der Waals surface area (Å²) in [4.78, 5) is 4.98. The molecule has 2 N–H and O–H groups in total. The van der Waals surface area contributed by atoms with Crippen LogP contribution in [0.1, 0.15) is 46.5 Å². The van der Waals surface area contributed by atoms with E-state index in [1.807, 2.05) is 0 Å². The molecular formula is C16H35N3. The van der Waals surface area contributed by atoms with E-state index >= 15 is 0 Å². The highest BCUT2D eigenvalue weighted by atomic mass is 15.2. The summed E-state index contributed by atoms with van der Waals surface area (Å²) < 4.78 is 0. The van der Waals surface area contributed by atoms with E-state index in [1.165, 1.54) is 32.2 Å². The van der Waals surface area contributed by atoms with Gasteiger partial charge in [-0.2, -0.15) is 0 Å². The standard InChI is InChI=1S/C16H35N3/c1-6-15-7-8-16(11-15,13-17)19(12-14(2)3)10-9-18(4)5/h14-15H,6-13,17H2,1-5H3. The molecule has 1 fully saturated rings. The van der Waals surface area contributed by atoms with Crippen molar-refractivity contribution in [3.05, 3.63) is 0 Å². The summed E-state index contributed by atoms with van der Waals surface area (Å²) in [5.74, 6) is 1.60. The molecular weight excluding hydrogens is 234 g/mol. The summed E-state index contributed by atoms with van der Waals surface area (Å²) in [5, 5.41) is 0. The molecule has 0 spiro atoms. The summed E-state index contributed by atoms with van der Waals surface area (Å²) in [5.41, 5.74) is 6.49. The Morgan fingerprint density at radius 3 is 2.37 bits per heavy atom. The van der Waals surface area contributed by atoms with Gasteiger partial charge in [-0.05, 0) is 45.2 Å². The summed E-state index contributed by atoms with van der Waals surface area (Å²) in [7, 11) is 4.32. The number of hydrogen-bond acceptors (Lipinski definition) is 3. The Morgan fingerprint density at radius 2 is 1.95 bits per heavy atom. The summed E-state index contributed by atoms with van der Waals surface area (Å²) in [6, 6.07) is 0. The van der Waals surface area contributed by atoms with Crippen LogP contribution in [0.4, 0.5) is 0 Å². The molecule has 1 aliphatic carbocycles. The van der Waals surface area contributed by atoms with E-state index in [-0.39, 0.29) is 5.54 Å². The number of nitrogens with zero attached hydrogens (tertiary/aromatic N) is 2. The Morgan fingerprint density at radius 1 is 1.26 bits per heavy atom. The molecule has 1 saturated carbocycles. The highest BCUT2D eigenvalue weighted by molar-refractivity contribution is 4.99. The van der Waals surface area contributed by atoms with Crippen molar-refractivity contribution in [2.24, 2.45) is 17.6 Å². The van der Waals surface area contributed by atoms with Crippen molar-refractivity contribution in [2.45, 2.75) is 52.0 Å². The molecule has 1 rings (SSSR count). The number of nitrogens with two attached hydrogens (primary N) is 1. The third-order valence-electron chi connectivity index (χ3n) is 4.72. The van der Waals surface area contributed by atoms with Crippen LogP contribution < -0.4 is 5.73 Å². The Balaban J connectivity index is 2.74. The Labute approximate surface area is 120 Å². The van der Waals surface area contributed by atoms with Crippen molar-refractivity contribution in [2.75, 3.05) is 40.3 Å². The quantitative estimate of drug-likeness (QED) is 0.734. The summed E-state index contributed by atoms with van der Waals surface area (Å²) in [6.45, 7) is 11.2. The predicted molar refractivity (Wildman–Crippen MR) is 84.4 cm³/mol. The lowest BCUT2D eigenvalue weighted by Crippen LogP contribution is -2.55. The van der Waals surface area contributed by atoms with E-state index in [0.717, 1.165) is 25.6 Å². The molecule has 0 aromatic rings. The SMILES string of the molecule is CCC1CCC(CN)(N(CCN(C)C)CC(C)C)C1. The van der Waals surface area contributed by atoms with Crippen molar-refractivity contribution in [1.82, 2.24) is 9.80 Å². The second-order valence-electron chi connectivity index (χ2n) is 7.09. The predicted octanol–water partition coefficient (Wildman–Crippen LogP) is 2.41. The van der Waals surface area contributed by atoms with Crippen LogP contribution in [0.3, 0.4) is 0 Å². The van der Waals surface area contributed by atoms with Crippen LogP contribution in [-0.4, -0.2) is 55.6 Å². The number of rotatable bonds is 8. The van der Waals surface area contributed by atoms with Crippen molar-refractivity contribution < 1.29 is 0 Å². The van der Waals surface area contributed by atoms with Gasteiger partial charge < -0.3 is 10.6 Å². The maximum Gasteiger partial charge on any atom is 0.0335 e. The highest BCUT2D eigenvalue weighted by Gasteiger charge is 2.41. The average molecular weight is 269 g/mol. The second-order valence-corrected chi connectivity index (χ2v) is 7.09. The zero-order valence-corrected chi connectivity index (χ0v) is 13.8. The van der Waals surface area contributed by atoms with Crippen LogP contribution in [0.5, 0.6) is 0 Å². The minimum absolute atomic E-state index is 0.279. The lowest BCUT2D eigenvalue weighted by molar-refractivity contribution is 0.0740. The Bertz CT molecular complexity index is 252. The smallest absolute Gasteiger partial charge is 0.0335 e. The Hall–Kier alpha value is -0.120. The van der Waals surface area contributed by atoms with Crippen LogP contribution in [0.2, 0.25) is 0 Å². The summed E-state index contributed by atoms with van der Waals surface area (Å²) in [6.07, 6.45) is 5.28. The molecule has 2 atom stereocenters. The largest absolute Gasteiger partial charge is 0.329 e. The van der Waals surface area contributed by atoms with Gasteiger partial charge in [0.05, 0.1) is 0 Å². The number of hydrogen-bond donors (Lipinski definition) is 1.